The number of hydrogen-bond acceptors (Lipinski definition) is 4. The number of carboxylic acid groups (broad SMARTS) is 1. The van der Waals surface area contributed by atoms with Crippen molar-refractivity contribution in [1.29, 1.82) is 0 Å². The molecule has 0 unspecified atom stereocenters. The van der Waals surface area contributed by atoms with E-state index in [1.165, 1.54) is 24.3 Å². The van der Waals surface area contributed by atoms with Gasteiger partial charge >= 0.3 is 11.9 Å². The molecule has 0 aliphatic heterocycles. The van der Waals surface area contributed by atoms with Crippen LogP contribution in [0.4, 0.5) is 0 Å². The molecule has 0 spiro atoms. The fraction of sp³-hybridized carbons (Fsp3) is 0.500. The second-order valence-corrected chi connectivity index (χ2v) is 5.02. The molecule has 1 aromatic rings. The first-order valence-electron chi connectivity index (χ1n) is 7.06. The van der Waals surface area contributed by atoms with Crippen LogP contribution in [0.15, 0.2) is 24.3 Å². The Morgan fingerprint density at radius 2 is 1.57 bits per heavy atom. The van der Waals surface area contributed by atoms with Crippen LogP contribution < -0.4 is 0 Å². The van der Waals surface area contributed by atoms with E-state index in [-0.39, 0.29) is 17.8 Å². The summed E-state index contributed by atoms with van der Waals surface area (Å²) in [5.41, 5.74) is 0.278. The van der Waals surface area contributed by atoms with E-state index in [2.05, 4.69) is 13.8 Å². The van der Waals surface area contributed by atoms with Crippen LogP contribution in [-0.4, -0.2) is 35.9 Å². The molecule has 0 aliphatic carbocycles. The van der Waals surface area contributed by atoms with Crippen molar-refractivity contribution in [3.63, 3.8) is 0 Å². The quantitative estimate of drug-likeness (QED) is 0.589. The third-order valence-corrected chi connectivity index (χ3v) is 3.63. The van der Waals surface area contributed by atoms with Gasteiger partial charge in [-0.1, -0.05) is 13.8 Å². The summed E-state index contributed by atoms with van der Waals surface area (Å²) in [6.45, 7) is 6.66. The molecule has 0 saturated heterocycles. The smallest absolute Gasteiger partial charge is 0.338 e. The number of carbonyl (C=O) groups is 2. The summed E-state index contributed by atoms with van der Waals surface area (Å²) >= 11 is 0. The van der Waals surface area contributed by atoms with Crippen molar-refractivity contribution in [1.82, 2.24) is 0 Å². The van der Waals surface area contributed by atoms with Crippen molar-refractivity contribution >= 4 is 11.9 Å². The molecule has 0 amide bonds. The highest BCUT2D eigenvalue weighted by atomic mass is 16.6. The van der Waals surface area contributed by atoms with Crippen molar-refractivity contribution in [3.05, 3.63) is 35.4 Å². The minimum absolute atomic E-state index is 0.136. The largest absolute Gasteiger partial charge is 0.478 e. The van der Waals surface area contributed by atoms with Gasteiger partial charge in [0.1, 0.15) is 6.61 Å². The second-order valence-electron chi connectivity index (χ2n) is 5.02. The van der Waals surface area contributed by atoms with Gasteiger partial charge in [0.05, 0.1) is 23.3 Å². The number of rotatable bonds is 8. The maximum Gasteiger partial charge on any atom is 0.338 e. The van der Waals surface area contributed by atoms with Crippen molar-refractivity contribution in [3.8, 4) is 0 Å². The van der Waals surface area contributed by atoms with Crippen molar-refractivity contribution < 1.29 is 24.2 Å². The minimum atomic E-state index is -1.03. The summed E-state index contributed by atoms with van der Waals surface area (Å²) in [5, 5.41) is 8.78. The Balaban J connectivity index is 2.42. The molecule has 116 valence electrons. The van der Waals surface area contributed by atoms with E-state index < -0.39 is 11.9 Å². The standard InChI is InChI=1S/C16H22O5/c1-4-16(3,5-2)21-11-10-20-15(19)13-8-6-12(7-9-13)14(17)18/h6-9H,4-5,10-11H2,1-3H3,(H,17,18). The lowest BCUT2D eigenvalue weighted by atomic mass is 10.0. The van der Waals surface area contributed by atoms with Gasteiger partial charge in [-0.25, -0.2) is 9.59 Å². The van der Waals surface area contributed by atoms with Gasteiger partial charge in [0.15, 0.2) is 0 Å². The second kappa shape index (κ2) is 7.78. The Morgan fingerprint density at radius 1 is 1.05 bits per heavy atom. The van der Waals surface area contributed by atoms with Gasteiger partial charge in [0.25, 0.3) is 0 Å². The molecule has 0 heterocycles. The molecule has 1 N–H and O–H groups in total. The van der Waals surface area contributed by atoms with E-state index in [1.54, 1.807) is 0 Å². The summed E-state index contributed by atoms with van der Waals surface area (Å²) in [6.07, 6.45) is 1.79. The van der Waals surface area contributed by atoms with E-state index in [4.69, 9.17) is 14.6 Å². The zero-order chi connectivity index (χ0) is 15.9. The predicted octanol–water partition coefficient (Wildman–Crippen LogP) is 3.14. The maximum atomic E-state index is 11.8. The lowest BCUT2D eigenvalue weighted by Crippen LogP contribution is -2.28. The Kier molecular flexibility index (Phi) is 6.37. The number of carbonyl (C=O) groups excluding carboxylic acids is 1. The van der Waals surface area contributed by atoms with E-state index in [9.17, 15) is 9.59 Å². The number of aromatic carboxylic acids is 1. The molecule has 0 fully saturated rings. The summed E-state index contributed by atoms with van der Waals surface area (Å²) in [6, 6.07) is 5.63. The Morgan fingerprint density at radius 3 is 2.05 bits per heavy atom. The number of carboxylic acids is 1. The van der Waals surface area contributed by atoms with Crippen LogP contribution in [0.3, 0.4) is 0 Å². The Bertz CT molecular complexity index is 474. The van der Waals surface area contributed by atoms with Crippen LogP contribution in [0.25, 0.3) is 0 Å². The number of hydrogen-bond donors (Lipinski definition) is 1. The lowest BCUT2D eigenvalue weighted by Gasteiger charge is -2.27. The molecule has 21 heavy (non-hydrogen) atoms. The third kappa shape index (κ3) is 5.19. The maximum absolute atomic E-state index is 11.8. The van der Waals surface area contributed by atoms with Crippen LogP contribution in [0.1, 0.15) is 54.3 Å². The van der Waals surface area contributed by atoms with Gasteiger partial charge in [0.2, 0.25) is 0 Å². The summed E-state index contributed by atoms with van der Waals surface area (Å²) in [7, 11) is 0. The summed E-state index contributed by atoms with van der Waals surface area (Å²) < 4.78 is 10.8. The highest BCUT2D eigenvalue weighted by Crippen LogP contribution is 2.18. The molecule has 1 rings (SSSR count). The summed E-state index contributed by atoms with van der Waals surface area (Å²) in [4.78, 5) is 22.5. The average Bonchev–Trinajstić information content (AvgIpc) is 2.51. The van der Waals surface area contributed by atoms with Crippen LogP contribution in [0, 0.1) is 0 Å². The lowest BCUT2D eigenvalue weighted by molar-refractivity contribution is -0.0545. The zero-order valence-corrected chi connectivity index (χ0v) is 12.7. The van der Waals surface area contributed by atoms with Crippen molar-refractivity contribution in [2.24, 2.45) is 0 Å². The molecule has 5 heteroatoms. The molecule has 0 saturated carbocycles. The van der Waals surface area contributed by atoms with E-state index >= 15 is 0 Å². The molecule has 0 aliphatic rings. The normalized spacial score (nSPS) is 11.2. The molecule has 5 nitrogen and oxygen atoms in total. The molecule has 0 aromatic heterocycles. The van der Waals surface area contributed by atoms with Gasteiger partial charge < -0.3 is 14.6 Å². The molecule has 0 radical (unpaired) electrons. The topological polar surface area (TPSA) is 72.8 Å². The third-order valence-electron chi connectivity index (χ3n) is 3.63. The average molecular weight is 294 g/mol. The molecule has 0 bridgehead atoms. The van der Waals surface area contributed by atoms with Crippen molar-refractivity contribution in [2.45, 2.75) is 39.2 Å². The molecular formula is C16H22O5. The van der Waals surface area contributed by atoms with Gasteiger partial charge in [-0.05, 0) is 44.0 Å². The number of ether oxygens (including phenoxy) is 2. The fourth-order valence-corrected chi connectivity index (χ4v) is 1.71. The predicted molar refractivity (Wildman–Crippen MR) is 78.6 cm³/mol. The van der Waals surface area contributed by atoms with E-state index in [0.717, 1.165) is 12.8 Å². The Hall–Kier alpha value is -1.88. The van der Waals surface area contributed by atoms with Crippen LogP contribution in [0.5, 0.6) is 0 Å². The first kappa shape index (κ1) is 17.2. The summed E-state index contributed by atoms with van der Waals surface area (Å²) in [5.74, 6) is -1.51. The van der Waals surface area contributed by atoms with Gasteiger partial charge in [-0.15, -0.1) is 0 Å². The minimum Gasteiger partial charge on any atom is -0.478 e. The Labute approximate surface area is 124 Å². The molecule has 0 atom stereocenters. The first-order chi connectivity index (χ1) is 9.91. The molecular weight excluding hydrogens is 272 g/mol. The van der Waals surface area contributed by atoms with Gasteiger partial charge in [-0.3, -0.25) is 0 Å². The first-order valence-corrected chi connectivity index (χ1v) is 7.06. The fourth-order valence-electron chi connectivity index (χ4n) is 1.71. The monoisotopic (exact) mass is 294 g/mol. The van der Waals surface area contributed by atoms with E-state index in [0.29, 0.717) is 12.2 Å². The SMILES string of the molecule is CCC(C)(CC)OCCOC(=O)c1ccc(C(=O)O)cc1. The molecule has 1 aromatic carbocycles. The van der Waals surface area contributed by atoms with Gasteiger partial charge in [-0.2, -0.15) is 0 Å². The highest BCUT2D eigenvalue weighted by molar-refractivity contribution is 5.92. The van der Waals surface area contributed by atoms with Crippen LogP contribution >= 0.6 is 0 Å². The van der Waals surface area contributed by atoms with Crippen molar-refractivity contribution in [2.75, 3.05) is 13.2 Å². The van der Waals surface area contributed by atoms with Crippen LogP contribution in [0.2, 0.25) is 0 Å². The highest BCUT2D eigenvalue weighted by Gasteiger charge is 2.19. The van der Waals surface area contributed by atoms with Gasteiger partial charge in [0, 0.05) is 0 Å². The zero-order valence-electron chi connectivity index (χ0n) is 12.7. The number of benzene rings is 1. The number of esters is 1. The van der Waals surface area contributed by atoms with E-state index in [1.807, 2.05) is 6.92 Å². The van der Waals surface area contributed by atoms with Crippen LogP contribution in [-0.2, 0) is 9.47 Å².